The summed E-state index contributed by atoms with van der Waals surface area (Å²) in [5.74, 6) is -1.27. The maximum absolute atomic E-state index is 13.1. The molecule has 0 atom stereocenters. The van der Waals surface area contributed by atoms with E-state index in [0.29, 0.717) is 20.7 Å². The molecule has 0 aliphatic rings. The van der Waals surface area contributed by atoms with Gasteiger partial charge in [0.2, 0.25) is 0 Å². The van der Waals surface area contributed by atoms with E-state index < -0.39 is 5.97 Å². The summed E-state index contributed by atoms with van der Waals surface area (Å²) in [7, 11) is 0. The Balaban J connectivity index is 1.65. The number of aryl methyl sites for hydroxylation is 3. The number of rotatable bonds is 5. The summed E-state index contributed by atoms with van der Waals surface area (Å²) >= 11 is 1.19. The second kappa shape index (κ2) is 8.39. The molecule has 0 aliphatic heterocycles. The topological polar surface area (TPSA) is 101 Å². The number of amides is 1. The van der Waals surface area contributed by atoms with Gasteiger partial charge in [0.1, 0.15) is 4.83 Å². The Hall–Kier alpha value is -3.78. The number of nitrogens with zero attached hydrogens (tertiary/aromatic N) is 2. The van der Waals surface area contributed by atoms with Crippen LogP contribution in [0.3, 0.4) is 0 Å². The number of carbonyl (C=O) groups is 2. The van der Waals surface area contributed by atoms with Crippen LogP contribution in [0.15, 0.2) is 53.6 Å². The first-order chi connectivity index (χ1) is 15.2. The number of hydrogen-bond acceptors (Lipinski definition) is 5. The van der Waals surface area contributed by atoms with Crippen LogP contribution in [0.2, 0.25) is 0 Å². The van der Waals surface area contributed by atoms with E-state index in [1.807, 2.05) is 32.0 Å². The predicted molar refractivity (Wildman–Crippen MR) is 125 cm³/mol. The molecule has 0 unspecified atom stereocenters. The van der Waals surface area contributed by atoms with Crippen LogP contribution in [0.1, 0.15) is 42.3 Å². The third-order valence-corrected chi connectivity index (χ3v) is 6.51. The molecule has 0 saturated heterocycles. The molecule has 4 rings (SSSR count). The van der Waals surface area contributed by atoms with Gasteiger partial charge in [-0.25, -0.2) is 9.78 Å². The number of aromatic carboxylic acids is 1. The number of benzene rings is 2. The lowest BCUT2D eigenvalue weighted by Crippen LogP contribution is -2.21. The highest BCUT2D eigenvalue weighted by atomic mass is 32.1. The number of carboxylic acids is 1. The lowest BCUT2D eigenvalue weighted by atomic mass is 10.1. The average Bonchev–Trinajstić information content (AvgIpc) is 3.10. The zero-order valence-corrected chi connectivity index (χ0v) is 18.6. The van der Waals surface area contributed by atoms with E-state index in [4.69, 9.17) is 5.11 Å². The Bertz CT molecular complexity index is 1420. The summed E-state index contributed by atoms with van der Waals surface area (Å²) < 4.78 is 1.46. The molecule has 2 aromatic carbocycles. The van der Waals surface area contributed by atoms with Crippen molar-refractivity contribution in [3.8, 4) is 0 Å². The van der Waals surface area contributed by atoms with Crippen molar-refractivity contribution in [2.24, 2.45) is 0 Å². The lowest BCUT2D eigenvalue weighted by molar-refractivity contribution is 0.0696. The maximum atomic E-state index is 13.1. The molecular weight excluding hydrogens is 426 g/mol. The van der Waals surface area contributed by atoms with Gasteiger partial charge in [0, 0.05) is 5.69 Å². The number of fused-ring (bicyclic) bond motifs is 1. The van der Waals surface area contributed by atoms with Crippen molar-refractivity contribution in [1.82, 2.24) is 9.55 Å². The molecule has 0 bridgehead atoms. The molecule has 0 spiro atoms. The fraction of sp³-hybridized carbons (Fsp3) is 0.167. The fourth-order valence-corrected chi connectivity index (χ4v) is 4.61. The Labute approximate surface area is 188 Å². The molecule has 8 heteroatoms. The average molecular weight is 448 g/mol. The largest absolute Gasteiger partial charge is 0.478 e. The van der Waals surface area contributed by atoms with E-state index in [1.165, 1.54) is 34.4 Å². The van der Waals surface area contributed by atoms with Gasteiger partial charge in [-0.2, -0.15) is 0 Å². The van der Waals surface area contributed by atoms with Gasteiger partial charge in [0.05, 0.1) is 28.7 Å². The Morgan fingerprint density at radius 2 is 1.81 bits per heavy atom. The number of anilines is 1. The van der Waals surface area contributed by atoms with E-state index in [-0.39, 0.29) is 23.6 Å². The number of carboxylic acid groups (broad SMARTS) is 1. The van der Waals surface area contributed by atoms with Crippen molar-refractivity contribution < 1.29 is 14.7 Å². The minimum Gasteiger partial charge on any atom is -0.478 e. The van der Waals surface area contributed by atoms with Crippen molar-refractivity contribution in [2.75, 3.05) is 5.32 Å². The number of carbonyl (C=O) groups excluding carboxylic acids is 1. The predicted octanol–water partition coefficient (Wildman–Crippen LogP) is 4.38. The first-order valence-corrected chi connectivity index (χ1v) is 10.8. The highest BCUT2D eigenvalue weighted by molar-refractivity contribution is 7.20. The summed E-state index contributed by atoms with van der Waals surface area (Å²) in [5, 5.41) is 12.4. The number of nitrogens with one attached hydrogen (secondary N) is 1. The maximum Gasteiger partial charge on any atom is 0.335 e. The van der Waals surface area contributed by atoms with E-state index in [0.717, 1.165) is 22.4 Å². The zero-order valence-electron chi connectivity index (χ0n) is 17.8. The minimum absolute atomic E-state index is 0.183. The van der Waals surface area contributed by atoms with E-state index in [1.54, 1.807) is 19.1 Å². The van der Waals surface area contributed by atoms with Crippen LogP contribution < -0.4 is 10.9 Å². The van der Waals surface area contributed by atoms with E-state index in [2.05, 4.69) is 10.3 Å². The zero-order chi connectivity index (χ0) is 23.0. The number of aromatic nitrogens is 2. The SMILES string of the molecule is Cc1ccc(NC(=O)c2sc3ncn(Cc4ccc(C(=O)O)cc4)c(=O)c3c2C)c(C)c1. The molecule has 162 valence electrons. The van der Waals surface area contributed by atoms with Crippen molar-refractivity contribution in [3.05, 3.63) is 91.8 Å². The third-order valence-electron chi connectivity index (χ3n) is 5.31. The first kappa shape index (κ1) is 21.5. The highest BCUT2D eigenvalue weighted by Gasteiger charge is 2.20. The normalized spacial score (nSPS) is 11.0. The first-order valence-electron chi connectivity index (χ1n) is 9.94. The molecule has 4 aromatic rings. The second-order valence-electron chi connectivity index (χ2n) is 7.69. The van der Waals surface area contributed by atoms with Gasteiger partial charge in [-0.05, 0) is 55.7 Å². The Kier molecular flexibility index (Phi) is 5.63. The molecule has 0 aliphatic carbocycles. The minimum atomic E-state index is -1.00. The van der Waals surface area contributed by atoms with Crippen LogP contribution in [0.25, 0.3) is 10.2 Å². The van der Waals surface area contributed by atoms with Gasteiger partial charge < -0.3 is 10.4 Å². The van der Waals surface area contributed by atoms with Crippen molar-refractivity contribution in [3.63, 3.8) is 0 Å². The quantitative estimate of drug-likeness (QED) is 0.473. The van der Waals surface area contributed by atoms with Gasteiger partial charge in [-0.15, -0.1) is 11.3 Å². The molecule has 0 saturated carbocycles. The van der Waals surface area contributed by atoms with Gasteiger partial charge in [0.15, 0.2) is 0 Å². The van der Waals surface area contributed by atoms with Crippen LogP contribution in [0, 0.1) is 20.8 Å². The number of thiophene rings is 1. The monoisotopic (exact) mass is 447 g/mol. The second-order valence-corrected chi connectivity index (χ2v) is 8.69. The summed E-state index contributed by atoms with van der Waals surface area (Å²) in [5.41, 5.74) is 4.12. The smallest absolute Gasteiger partial charge is 0.335 e. The van der Waals surface area contributed by atoms with Crippen LogP contribution in [-0.2, 0) is 6.54 Å². The molecule has 1 amide bonds. The van der Waals surface area contributed by atoms with Gasteiger partial charge in [-0.3, -0.25) is 14.2 Å². The molecule has 2 heterocycles. The van der Waals surface area contributed by atoms with Crippen LogP contribution in [0.4, 0.5) is 5.69 Å². The van der Waals surface area contributed by atoms with E-state index >= 15 is 0 Å². The summed E-state index contributed by atoms with van der Waals surface area (Å²) in [6.07, 6.45) is 1.46. The van der Waals surface area contributed by atoms with Gasteiger partial charge >= 0.3 is 5.97 Å². The highest BCUT2D eigenvalue weighted by Crippen LogP contribution is 2.28. The number of hydrogen-bond donors (Lipinski definition) is 2. The molecule has 7 nitrogen and oxygen atoms in total. The van der Waals surface area contributed by atoms with Crippen LogP contribution in [-0.4, -0.2) is 26.5 Å². The van der Waals surface area contributed by atoms with Crippen molar-refractivity contribution >= 4 is 39.1 Å². The molecule has 0 radical (unpaired) electrons. The van der Waals surface area contributed by atoms with Gasteiger partial charge in [-0.1, -0.05) is 29.8 Å². The standard InChI is InChI=1S/C24H21N3O4S/c1-13-4-9-18(14(2)10-13)26-21(28)20-15(3)19-22(32-20)25-12-27(23(19)29)11-16-5-7-17(8-6-16)24(30)31/h4-10,12H,11H2,1-3H3,(H,26,28)(H,30,31). The molecule has 2 N–H and O–H groups in total. The third kappa shape index (κ3) is 4.04. The summed E-state index contributed by atoms with van der Waals surface area (Å²) in [6, 6.07) is 12.1. The molecule has 32 heavy (non-hydrogen) atoms. The Morgan fingerprint density at radius 1 is 1.09 bits per heavy atom. The van der Waals surface area contributed by atoms with Gasteiger partial charge in [0.25, 0.3) is 11.5 Å². The van der Waals surface area contributed by atoms with Crippen molar-refractivity contribution in [1.29, 1.82) is 0 Å². The molecular formula is C24H21N3O4S. The fourth-order valence-electron chi connectivity index (χ4n) is 3.57. The lowest BCUT2D eigenvalue weighted by Gasteiger charge is -2.08. The van der Waals surface area contributed by atoms with Crippen molar-refractivity contribution in [2.45, 2.75) is 27.3 Å². The molecule has 0 fully saturated rings. The Morgan fingerprint density at radius 3 is 2.47 bits per heavy atom. The van der Waals surface area contributed by atoms with E-state index in [9.17, 15) is 14.4 Å². The summed E-state index contributed by atoms with van der Waals surface area (Å²) in [6.45, 7) is 5.93. The summed E-state index contributed by atoms with van der Waals surface area (Å²) in [4.78, 5) is 42.4. The van der Waals surface area contributed by atoms with Crippen LogP contribution in [0.5, 0.6) is 0 Å². The molecule has 2 aromatic heterocycles. The van der Waals surface area contributed by atoms with Crippen LogP contribution >= 0.6 is 11.3 Å².